The molecule has 0 aliphatic heterocycles. The maximum Gasteiger partial charge on any atom is 0.325 e. The lowest BCUT2D eigenvalue weighted by Gasteiger charge is -2.04. The maximum absolute atomic E-state index is 10.6. The molecule has 0 aliphatic rings. The Hall–Kier alpha value is -1.48. The number of aliphatic carboxylic acids is 1. The van der Waals surface area contributed by atoms with Crippen LogP contribution in [0.2, 0.25) is 0 Å². The highest BCUT2D eigenvalue weighted by Crippen LogP contribution is 2.31. The van der Waals surface area contributed by atoms with Crippen LogP contribution in [-0.2, 0) is 11.3 Å². The molecule has 94 valence electrons. The van der Waals surface area contributed by atoms with E-state index in [1.165, 1.54) is 16.4 Å². The van der Waals surface area contributed by atoms with E-state index in [-0.39, 0.29) is 6.54 Å². The van der Waals surface area contributed by atoms with Crippen LogP contribution in [0.25, 0.3) is 0 Å². The number of carboxylic acids is 1. The minimum absolute atomic E-state index is 0.279. The smallest absolute Gasteiger partial charge is 0.325 e. The molecule has 0 saturated carbocycles. The van der Waals surface area contributed by atoms with Crippen molar-refractivity contribution >= 4 is 33.7 Å². The Bertz CT molecular complexity index is 588. The molecule has 0 unspecified atom stereocenters. The zero-order chi connectivity index (χ0) is 13.1. The fourth-order valence-electron chi connectivity index (χ4n) is 1.17. The number of carboxylic acid groups (broad SMARTS) is 1. The second-order valence-electron chi connectivity index (χ2n) is 3.36. The molecule has 7 nitrogen and oxygen atoms in total. The number of carbonyl (C=O) groups is 1. The number of aryl methyl sites for hydroxylation is 1. The van der Waals surface area contributed by atoms with E-state index in [2.05, 4.69) is 36.4 Å². The molecule has 0 radical (unpaired) electrons. The molecule has 0 saturated heterocycles. The van der Waals surface area contributed by atoms with Crippen molar-refractivity contribution in [3.63, 3.8) is 0 Å². The van der Waals surface area contributed by atoms with Crippen LogP contribution in [0.15, 0.2) is 26.9 Å². The van der Waals surface area contributed by atoms with Crippen LogP contribution >= 0.6 is 27.7 Å². The van der Waals surface area contributed by atoms with Gasteiger partial charge in [0.2, 0.25) is 5.16 Å². The van der Waals surface area contributed by atoms with E-state index in [0.29, 0.717) is 10.2 Å². The summed E-state index contributed by atoms with van der Waals surface area (Å²) in [6.45, 7) is 1.66. The van der Waals surface area contributed by atoms with Gasteiger partial charge in [0, 0.05) is 6.20 Å². The predicted molar refractivity (Wildman–Crippen MR) is 66.2 cm³/mol. The van der Waals surface area contributed by atoms with Gasteiger partial charge in [-0.3, -0.25) is 4.79 Å². The van der Waals surface area contributed by atoms with Gasteiger partial charge in [-0.2, -0.15) is 0 Å². The Labute approximate surface area is 115 Å². The van der Waals surface area contributed by atoms with Crippen molar-refractivity contribution in [3.05, 3.63) is 22.3 Å². The van der Waals surface area contributed by atoms with Crippen molar-refractivity contribution < 1.29 is 9.90 Å². The first kappa shape index (κ1) is 13.0. The lowest BCUT2D eigenvalue weighted by atomic mass is 10.3. The molecule has 2 aromatic heterocycles. The standard InChI is InChI=1S/C9H8BrN5O2S/c1-5-2-3-11-8(7(5)10)18-9-12-13-14-15(9)4-6(16)17/h2-3H,4H2,1H3,(H,16,17). The molecular weight excluding hydrogens is 322 g/mol. The molecule has 0 aromatic carbocycles. The average molecular weight is 330 g/mol. The Morgan fingerprint density at radius 2 is 2.39 bits per heavy atom. The maximum atomic E-state index is 10.6. The number of nitrogens with zero attached hydrogens (tertiary/aromatic N) is 5. The molecule has 0 atom stereocenters. The third-order valence-electron chi connectivity index (χ3n) is 2.02. The van der Waals surface area contributed by atoms with E-state index < -0.39 is 5.97 Å². The van der Waals surface area contributed by atoms with E-state index in [0.717, 1.165) is 10.0 Å². The second-order valence-corrected chi connectivity index (χ2v) is 5.11. The lowest BCUT2D eigenvalue weighted by molar-refractivity contribution is -0.138. The zero-order valence-electron chi connectivity index (χ0n) is 9.24. The van der Waals surface area contributed by atoms with E-state index in [4.69, 9.17) is 5.11 Å². The van der Waals surface area contributed by atoms with Crippen molar-refractivity contribution in [1.29, 1.82) is 0 Å². The summed E-state index contributed by atoms with van der Waals surface area (Å²) in [6.07, 6.45) is 1.67. The van der Waals surface area contributed by atoms with Crippen molar-refractivity contribution in [2.45, 2.75) is 23.7 Å². The molecule has 0 bridgehead atoms. The number of pyridine rings is 1. The zero-order valence-corrected chi connectivity index (χ0v) is 11.6. The highest BCUT2D eigenvalue weighted by molar-refractivity contribution is 9.10. The Balaban J connectivity index is 2.26. The molecule has 0 aliphatic carbocycles. The summed E-state index contributed by atoms with van der Waals surface area (Å²) >= 11 is 4.63. The van der Waals surface area contributed by atoms with Gasteiger partial charge in [-0.1, -0.05) is 0 Å². The molecule has 1 N–H and O–H groups in total. The van der Waals surface area contributed by atoms with Gasteiger partial charge in [0.25, 0.3) is 0 Å². The fourth-order valence-corrected chi connectivity index (χ4v) is 2.47. The molecule has 0 amide bonds. The summed E-state index contributed by atoms with van der Waals surface area (Å²) < 4.78 is 2.06. The van der Waals surface area contributed by atoms with Crippen molar-refractivity contribution in [2.24, 2.45) is 0 Å². The van der Waals surface area contributed by atoms with Crippen LogP contribution in [0.3, 0.4) is 0 Å². The molecule has 2 rings (SSSR count). The number of tetrazole rings is 1. The summed E-state index contributed by atoms with van der Waals surface area (Å²) in [6, 6.07) is 1.87. The van der Waals surface area contributed by atoms with E-state index >= 15 is 0 Å². The first-order chi connectivity index (χ1) is 8.58. The van der Waals surface area contributed by atoms with Crippen molar-refractivity contribution in [3.8, 4) is 0 Å². The molecule has 0 spiro atoms. The first-order valence-electron chi connectivity index (χ1n) is 4.85. The molecule has 2 aromatic rings. The largest absolute Gasteiger partial charge is 0.480 e. The van der Waals surface area contributed by atoms with Gasteiger partial charge in [0.15, 0.2) is 0 Å². The van der Waals surface area contributed by atoms with E-state index in [1.54, 1.807) is 6.20 Å². The number of hydrogen-bond donors (Lipinski definition) is 1. The van der Waals surface area contributed by atoms with Crippen LogP contribution in [0.5, 0.6) is 0 Å². The van der Waals surface area contributed by atoms with Crippen LogP contribution in [0.4, 0.5) is 0 Å². The summed E-state index contributed by atoms with van der Waals surface area (Å²) in [5.41, 5.74) is 1.03. The van der Waals surface area contributed by atoms with Gasteiger partial charge in [-0.05, 0) is 56.7 Å². The topological polar surface area (TPSA) is 93.8 Å². The Morgan fingerprint density at radius 1 is 1.61 bits per heavy atom. The quantitative estimate of drug-likeness (QED) is 0.905. The highest BCUT2D eigenvalue weighted by Gasteiger charge is 2.14. The van der Waals surface area contributed by atoms with Crippen LogP contribution in [0, 0.1) is 6.92 Å². The summed E-state index contributed by atoms with van der Waals surface area (Å²) in [5, 5.41) is 20.7. The lowest BCUT2D eigenvalue weighted by Crippen LogP contribution is -2.11. The Morgan fingerprint density at radius 3 is 3.11 bits per heavy atom. The van der Waals surface area contributed by atoms with Gasteiger partial charge < -0.3 is 5.11 Å². The average Bonchev–Trinajstić information content (AvgIpc) is 2.72. The summed E-state index contributed by atoms with van der Waals surface area (Å²) in [7, 11) is 0. The van der Waals surface area contributed by atoms with Gasteiger partial charge in [0.1, 0.15) is 11.6 Å². The number of rotatable bonds is 4. The van der Waals surface area contributed by atoms with Gasteiger partial charge in [-0.15, -0.1) is 5.10 Å². The predicted octanol–water partition coefficient (Wildman–Crippen LogP) is 1.37. The van der Waals surface area contributed by atoms with Gasteiger partial charge in [-0.25, -0.2) is 9.67 Å². The van der Waals surface area contributed by atoms with E-state index in [1.807, 2.05) is 13.0 Å². The minimum Gasteiger partial charge on any atom is -0.480 e. The molecule has 18 heavy (non-hydrogen) atoms. The highest BCUT2D eigenvalue weighted by atomic mass is 79.9. The van der Waals surface area contributed by atoms with Crippen LogP contribution in [-0.4, -0.2) is 36.3 Å². The number of halogens is 1. The fraction of sp³-hybridized carbons (Fsp3) is 0.222. The molecule has 0 fully saturated rings. The Kier molecular flexibility index (Phi) is 3.92. The number of hydrogen-bond acceptors (Lipinski definition) is 6. The third kappa shape index (κ3) is 2.85. The van der Waals surface area contributed by atoms with Gasteiger partial charge in [0.05, 0.1) is 4.47 Å². The third-order valence-corrected chi connectivity index (χ3v) is 4.26. The summed E-state index contributed by atoms with van der Waals surface area (Å²) in [5.74, 6) is -1.000. The minimum atomic E-state index is -1.000. The number of aromatic nitrogens is 5. The molecule has 2 heterocycles. The SMILES string of the molecule is Cc1ccnc(Sc2nnnn2CC(=O)O)c1Br. The second kappa shape index (κ2) is 5.44. The first-order valence-corrected chi connectivity index (χ1v) is 6.46. The summed E-state index contributed by atoms with van der Waals surface area (Å²) in [4.78, 5) is 14.8. The van der Waals surface area contributed by atoms with Crippen LogP contribution in [0.1, 0.15) is 5.56 Å². The van der Waals surface area contributed by atoms with E-state index in [9.17, 15) is 4.79 Å². The normalized spacial score (nSPS) is 10.6. The molecule has 9 heteroatoms. The molecular formula is C9H8BrN5O2S. The van der Waals surface area contributed by atoms with Crippen molar-refractivity contribution in [1.82, 2.24) is 25.2 Å². The van der Waals surface area contributed by atoms with Gasteiger partial charge >= 0.3 is 5.97 Å². The van der Waals surface area contributed by atoms with Crippen LogP contribution < -0.4 is 0 Å². The van der Waals surface area contributed by atoms with Crippen molar-refractivity contribution in [2.75, 3.05) is 0 Å². The monoisotopic (exact) mass is 329 g/mol.